The van der Waals surface area contributed by atoms with Crippen molar-refractivity contribution in [2.75, 3.05) is 6.61 Å². The molecule has 0 radical (unpaired) electrons. The van der Waals surface area contributed by atoms with Gasteiger partial charge in [0.1, 0.15) is 5.75 Å². The molecule has 0 atom stereocenters. The zero-order valence-corrected chi connectivity index (χ0v) is 11.3. The molecule has 0 amide bonds. The summed E-state index contributed by atoms with van der Waals surface area (Å²) in [4.78, 5) is 0. The Balaban J connectivity index is 2.08. The van der Waals surface area contributed by atoms with E-state index in [1.807, 2.05) is 0 Å². The van der Waals surface area contributed by atoms with Gasteiger partial charge in [-0.3, -0.25) is 0 Å². The minimum Gasteiger partial charge on any atom is -0.485 e. The topological polar surface area (TPSA) is 29.5 Å². The van der Waals surface area contributed by atoms with Gasteiger partial charge in [-0.2, -0.15) is 8.78 Å². The molecule has 0 spiro atoms. The van der Waals surface area contributed by atoms with Crippen molar-refractivity contribution in [2.24, 2.45) is 0 Å². The first-order valence-electron chi connectivity index (χ1n) is 5.98. The number of rotatable bonds is 5. The lowest BCUT2D eigenvalue weighted by molar-refractivity contribution is -0.0466. The summed E-state index contributed by atoms with van der Waals surface area (Å²) >= 11 is 5.90. The Kier molecular flexibility index (Phi) is 4.57. The molecule has 2 aromatic rings. The minimum atomic E-state index is -3.10. The first kappa shape index (κ1) is 14.8. The molecule has 1 N–H and O–H groups in total. The second-order valence-corrected chi connectivity index (χ2v) is 4.69. The van der Waals surface area contributed by atoms with E-state index in [0.717, 1.165) is 0 Å². The molecule has 0 aliphatic carbocycles. The number of benzene rings is 2. The van der Waals surface area contributed by atoms with E-state index in [0.29, 0.717) is 5.56 Å². The van der Waals surface area contributed by atoms with Gasteiger partial charge in [-0.05, 0) is 17.7 Å². The maximum Gasteiger partial charge on any atom is 0.306 e. The fraction of sp³-hybridized carbons (Fsp3) is 0.200. The summed E-state index contributed by atoms with van der Waals surface area (Å²) in [5.41, 5.74) is 0.486. The van der Waals surface area contributed by atoms with Gasteiger partial charge in [0.2, 0.25) is 0 Å². The van der Waals surface area contributed by atoms with Crippen LogP contribution in [-0.2, 0) is 12.5 Å². The van der Waals surface area contributed by atoms with Crippen LogP contribution in [0.3, 0.4) is 0 Å². The summed E-state index contributed by atoms with van der Waals surface area (Å²) in [5.74, 6) is -2.93. The molecule has 0 heterocycles. The second kappa shape index (κ2) is 6.20. The quantitative estimate of drug-likeness (QED) is 0.904. The zero-order valence-electron chi connectivity index (χ0n) is 10.5. The van der Waals surface area contributed by atoms with Crippen molar-refractivity contribution in [3.05, 3.63) is 64.7 Å². The molecule has 0 saturated heterocycles. The fourth-order valence-corrected chi connectivity index (χ4v) is 1.95. The SMILES string of the molecule is OCc1ccc(OCC(F)(F)c2ccccc2)c(Cl)c1. The molecule has 2 nitrogen and oxygen atoms in total. The van der Waals surface area contributed by atoms with Crippen LogP contribution >= 0.6 is 11.6 Å². The number of hydrogen-bond acceptors (Lipinski definition) is 2. The number of halogens is 3. The Morgan fingerprint density at radius 2 is 1.80 bits per heavy atom. The van der Waals surface area contributed by atoms with Gasteiger partial charge in [-0.15, -0.1) is 0 Å². The van der Waals surface area contributed by atoms with Crippen LogP contribution in [0.4, 0.5) is 8.78 Å². The highest BCUT2D eigenvalue weighted by Crippen LogP contribution is 2.31. The molecule has 106 valence electrons. The number of ether oxygens (including phenoxy) is 1. The largest absolute Gasteiger partial charge is 0.485 e. The number of aliphatic hydroxyl groups excluding tert-OH is 1. The predicted molar refractivity (Wildman–Crippen MR) is 73.2 cm³/mol. The molecule has 2 aromatic carbocycles. The average molecular weight is 299 g/mol. The molecule has 0 aliphatic heterocycles. The monoisotopic (exact) mass is 298 g/mol. The molecule has 20 heavy (non-hydrogen) atoms. The highest BCUT2D eigenvalue weighted by atomic mass is 35.5. The predicted octanol–water partition coefficient (Wildman–Crippen LogP) is 4.00. The summed E-state index contributed by atoms with van der Waals surface area (Å²) in [5, 5.41) is 9.14. The van der Waals surface area contributed by atoms with Gasteiger partial charge >= 0.3 is 5.92 Å². The number of hydrogen-bond donors (Lipinski definition) is 1. The van der Waals surface area contributed by atoms with Gasteiger partial charge in [0.05, 0.1) is 11.6 Å². The van der Waals surface area contributed by atoms with Crippen molar-refractivity contribution >= 4 is 11.6 Å². The summed E-state index contributed by atoms with van der Waals surface area (Å²) in [6.45, 7) is -0.963. The normalized spacial score (nSPS) is 11.4. The molecular weight excluding hydrogens is 286 g/mol. The first-order chi connectivity index (χ1) is 9.53. The Labute approximate surface area is 120 Å². The van der Waals surface area contributed by atoms with Crippen LogP contribution in [0.15, 0.2) is 48.5 Å². The lowest BCUT2D eigenvalue weighted by atomic mass is 10.1. The number of aliphatic hydroxyl groups is 1. The van der Waals surface area contributed by atoms with Crippen molar-refractivity contribution in [3.8, 4) is 5.75 Å². The zero-order chi connectivity index (χ0) is 14.6. The van der Waals surface area contributed by atoms with Gasteiger partial charge in [-0.25, -0.2) is 0 Å². The Morgan fingerprint density at radius 3 is 2.40 bits per heavy atom. The Bertz CT molecular complexity index is 573. The molecule has 5 heteroatoms. The molecule has 0 aromatic heterocycles. The lowest BCUT2D eigenvalue weighted by Crippen LogP contribution is -2.23. The van der Waals surface area contributed by atoms with E-state index in [1.165, 1.54) is 24.3 Å². The van der Waals surface area contributed by atoms with Gasteiger partial charge in [0, 0.05) is 5.56 Å². The molecule has 0 fully saturated rings. The van der Waals surface area contributed by atoms with E-state index in [4.69, 9.17) is 21.4 Å². The van der Waals surface area contributed by atoms with Crippen LogP contribution in [0.25, 0.3) is 0 Å². The van der Waals surface area contributed by atoms with Crippen LogP contribution < -0.4 is 4.74 Å². The van der Waals surface area contributed by atoms with Crippen molar-refractivity contribution in [1.82, 2.24) is 0 Å². The summed E-state index contributed by atoms with van der Waals surface area (Å²) in [6, 6.07) is 12.0. The van der Waals surface area contributed by atoms with Gasteiger partial charge < -0.3 is 9.84 Å². The van der Waals surface area contributed by atoms with Crippen LogP contribution in [-0.4, -0.2) is 11.7 Å². The smallest absolute Gasteiger partial charge is 0.306 e. The molecule has 0 saturated carbocycles. The minimum absolute atomic E-state index is 0.108. The van der Waals surface area contributed by atoms with Crippen LogP contribution in [0.5, 0.6) is 5.75 Å². The van der Waals surface area contributed by atoms with Crippen LogP contribution in [0, 0.1) is 0 Å². The highest BCUT2D eigenvalue weighted by molar-refractivity contribution is 6.32. The van der Waals surface area contributed by atoms with Crippen molar-refractivity contribution < 1.29 is 18.6 Å². The Hall–Kier alpha value is -1.65. The van der Waals surface area contributed by atoms with Gasteiger partial charge in [0.15, 0.2) is 6.61 Å². The van der Waals surface area contributed by atoms with E-state index in [9.17, 15) is 8.78 Å². The standard InChI is InChI=1S/C15H13ClF2O2/c16-13-8-11(9-19)6-7-14(13)20-10-15(17,18)12-4-2-1-3-5-12/h1-8,19H,9-10H2. The van der Waals surface area contributed by atoms with Crippen molar-refractivity contribution in [2.45, 2.75) is 12.5 Å². The maximum absolute atomic E-state index is 13.9. The lowest BCUT2D eigenvalue weighted by Gasteiger charge is -2.18. The van der Waals surface area contributed by atoms with Crippen molar-refractivity contribution in [1.29, 1.82) is 0 Å². The van der Waals surface area contributed by atoms with E-state index in [2.05, 4.69) is 0 Å². The van der Waals surface area contributed by atoms with Gasteiger partial charge in [0.25, 0.3) is 0 Å². The fourth-order valence-electron chi connectivity index (χ4n) is 1.69. The first-order valence-corrected chi connectivity index (χ1v) is 6.36. The summed E-state index contributed by atoms with van der Waals surface area (Å²) < 4.78 is 32.9. The molecule has 0 unspecified atom stereocenters. The molecule has 0 bridgehead atoms. The second-order valence-electron chi connectivity index (χ2n) is 4.28. The number of alkyl halides is 2. The van der Waals surface area contributed by atoms with Crippen LogP contribution in [0.2, 0.25) is 5.02 Å². The summed E-state index contributed by atoms with van der Waals surface area (Å²) in [6.07, 6.45) is 0. The van der Waals surface area contributed by atoms with E-state index in [1.54, 1.807) is 24.3 Å². The van der Waals surface area contributed by atoms with Gasteiger partial charge in [-0.1, -0.05) is 48.0 Å². The molecule has 2 rings (SSSR count). The highest BCUT2D eigenvalue weighted by Gasteiger charge is 2.32. The van der Waals surface area contributed by atoms with Crippen LogP contribution in [0.1, 0.15) is 11.1 Å². The third-order valence-electron chi connectivity index (χ3n) is 2.78. The van der Waals surface area contributed by atoms with E-state index >= 15 is 0 Å². The van der Waals surface area contributed by atoms with Crippen molar-refractivity contribution in [3.63, 3.8) is 0 Å². The maximum atomic E-state index is 13.9. The summed E-state index contributed by atoms with van der Waals surface area (Å²) in [7, 11) is 0. The Morgan fingerprint density at radius 1 is 1.10 bits per heavy atom. The third-order valence-corrected chi connectivity index (χ3v) is 3.08. The average Bonchev–Trinajstić information content (AvgIpc) is 2.47. The molecular formula is C15H13ClF2O2. The van der Waals surface area contributed by atoms with E-state index in [-0.39, 0.29) is 22.9 Å². The van der Waals surface area contributed by atoms with E-state index < -0.39 is 12.5 Å². The molecule has 0 aliphatic rings. The third kappa shape index (κ3) is 3.46.